The molecule has 30 heavy (non-hydrogen) atoms. The molecule has 0 aromatic heterocycles. The van der Waals surface area contributed by atoms with E-state index in [-0.39, 0.29) is 31.3 Å². The maximum atomic E-state index is 12.3. The van der Waals surface area contributed by atoms with E-state index in [1.54, 1.807) is 6.07 Å². The number of morpholine rings is 1. The number of aliphatic hydroxyl groups is 1. The van der Waals surface area contributed by atoms with Gasteiger partial charge in [0.15, 0.2) is 0 Å². The molecule has 160 valence electrons. The van der Waals surface area contributed by atoms with Gasteiger partial charge in [0.2, 0.25) is 5.91 Å². The molecule has 1 heterocycles. The van der Waals surface area contributed by atoms with Crippen LogP contribution >= 0.6 is 0 Å². The molecule has 0 unspecified atom stereocenters. The van der Waals surface area contributed by atoms with E-state index < -0.39 is 4.92 Å². The smallest absolute Gasteiger partial charge is 0.271 e. The molecular weight excluding hydrogens is 390 g/mol. The summed E-state index contributed by atoms with van der Waals surface area (Å²) < 4.78 is 5.35. The molecule has 1 aliphatic rings. The number of nitrogens with zero attached hydrogens (tertiary/aromatic N) is 2. The Labute approximate surface area is 174 Å². The molecule has 0 atom stereocenters. The Morgan fingerprint density at radius 3 is 2.50 bits per heavy atom. The van der Waals surface area contributed by atoms with Gasteiger partial charge < -0.3 is 30.7 Å². The number of rotatable bonds is 9. The lowest BCUT2D eigenvalue weighted by Gasteiger charge is -2.28. The van der Waals surface area contributed by atoms with Crippen molar-refractivity contribution in [2.24, 2.45) is 0 Å². The predicted octanol–water partition coefficient (Wildman–Crippen LogP) is 1.89. The fourth-order valence-electron chi connectivity index (χ4n) is 3.09. The first-order valence-electron chi connectivity index (χ1n) is 9.66. The number of nitrogens with one attached hydrogen (secondary N) is 3. The highest BCUT2D eigenvalue weighted by atomic mass is 16.6. The molecule has 0 aliphatic carbocycles. The summed E-state index contributed by atoms with van der Waals surface area (Å²) in [6.07, 6.45) is 0. The lowest BCUT2D eigenvalue weighted by Crippen LogP contribution is -2.36. The molecule has 10 nitrogen and oxygen atoms in total. The van der Waals surface area contributed by atoms with Crippen LogP contribution in [0.4, 0.5) is 28.4 Å². The molecule has 2 aromatic rings. The van der Waals surface area contributed by atoms with Gasteiger partial charge in [-0.3, -0.25) is 14.9 Å². The Balaban J connectivity index is 1.58. The van der Waals surface area contributed by atoms with Crippen LogP contribution < -0.4 is 20.9 Å². The van der Waals surface area contributed by atoms with E-state index in [0.29, 0.717) is 30.3 Å². The molecular formula is C20H25N5O5. The van der Waals surface area contributed by atoms with Crippen molar-refractivity contribution in [3.8, 4) is 0 Å². The van der Waals surface area contributed by atoms with E-state index in [0.717, 1.165) is 18.8 Å². The monoisotopic (exact) mass is 415 g/mol. The second kappa shape index (κ2) is 10.4. The Hall–Kier alpha value is -3.37. The molecule has 0 spiro atoms. The van der Waals surface area contributed by atoms with Gasteiger partial charge in [-0.05, 0) is 30.3 Å². The molecule has 1 saturated heterocycles. The van der Waals surface area contributed by atoms with Crippen molar-refractivity contribution in [2.45, 2.75) is 0 Å². The lowest BCUT2D eigenvalue weighted by atomic mass is 10.2. The Morgan fingerprint density at radius 2 is 1.83 bits per heavy atom. The minimum Gasteiger partial charge on any atom is -0.395 e. The number of amides is 1. The highest BCUT2D eigenvalue weighted by molar-refractivity contribution is 5.94. The number of nitro groups is 1. The number of benzene rings is 2. The fraction of sp³-hybridized carbons (Fsp3) is 0.350. The first kappa shape index (κ1) is 21.3. The Kier molecular flexibility index (Phi) is 7.41. The first-order valence-corrected chi connectivity index (χ1v) is 9.66. The van der Waals surface area contributed by atoms with Crippen molar-refractivity contribution in [3.05, 3.63) is 52.6 Å². The fourth-order valence-corrected chi connectivity index (χ4v) is 3.09. The minimum atomic E-state index is -0.503. The highest BCUT2D eigenvalue weighted by Crippen LogP contribution is 2.27. The molecule has 4 N–H and O–H groups in total. The summed E-state index contributed by atoms with van der Waals surface area (Å²) >= 11 is 0. The van der Waals surface area contributed by atoms with E-state index in [1.165, 1.54) is 12.1 Å². The van der Waals surface area contributed by atoms with Crippen molar-refractivity contribution in [2.75, 3.05) is 66.8 Å². The molecule has 2 aromatic carbocycles. The number of anilines is 4. The number of non-ortho nitro benzene ring substituents is 1. The van der Waals surface area contributed by atoms with Gasteiger partial charge in [0, 0.05) is 43.1 Å². The van der Waals surface area contributed by atoms with Gasteiger partial charge in [0.05, 0.1) is 42.7 Å². The summed E-state index contributed by atoms with van der Waals surface area (Å²) in [6, 6.07) is 11.8. The van der Waals surface area contributed by atoms with Crippen LogP contribution in [0.5, 0.6) is 0 Å². The van der Waals surface area contributed by atoms with Crippen molar-refractivity contribution in [1.82, 2.24) is 0 Å². The van der Waals surface area contributed by atoms with Crippen LogP contribution in [0.25, 0.3) is 0 Å². The van der Waals surface area contributed by atoms with Crippen LogP contribution in [0.2, 0.25) is 0 Å². The standard InChI is InChI=1S/C20H25N5O5/c26-10-7-21-18-6-5-17(25(28)29)13-19(18)22-14-20(27)23-15-1-3-16(4-2-15)24-8-11-30-12-9-24/h1-6,13,21-22,26H,7-12,14H2,(H,23,27). The van der Waals surface area contributed by atoms with Crippen LogP contribution in [0, 0.1) is 10.1 Å². The third kappa shape index (κ3) is 5.82. The van der Waals surface area contributed by atoms with E-state index in [4.69, 9.17) is 9.84 Å². The number of hydrogen-bond acceptors (Lipinski definition) is 8. The summed E-state index contributed by atoms with van der Waals surface area (Å²) in [6.45, 7) is 3.22. The summed E-state index contributed by atoms with van der Waals surface area (Å²) in [5, 5.41) is 28.7. The van der Waals surface area contributed by atoms with Gasteiger partial charge in [0.1, 0.15) is 0 Å². The van der Waals surface area contributed by atoms with E-state index in [9.17, 15) is 14.9 Å². The molecule has 1 amide bonds. The van der Waals surface area contributed by atoms with Gasteiger partial charge in [0.25, 0.3) is 5.69 Å². The summed E-state index contributed by atoms with van der Waals surface area (Å²) in [5.74, 6) is -0.284. The molecule has 1 fully saturated rings. The predicted molar refractivity (Wildman–Crippen MR) is 115 cm³/mol. The summed E-state index contributed by atoms with van der Waals surface area (Å²) in [4.78, 5) is 25.1. The zero-order valence-electron chi connectivity index (χ0n) is 16.5. The average Bonchev–Trinajstić information content (AvgIpc) is 2.77. The topological polar surface area (TPSA) is 129 Å². The molecule has 10 heteroatoms. The molecule has 3 rings (SSSR count). The largest absolute Gasteiger partial charge is 0.395 e. The van der Waals surface area contributed by atoms with Gasteiger partial charge in [-0.25, -0.2) is 0 Å². The number of nitro benzene ring substituents is 1. The zero-order chi connectivity index (χ0) is 21.3. The lowest BCUT2D eigenvalue weighted by molar-refractivity contribution is -0.384. The number of ether oxygens (including phenoxy) is 1. The molecule has 0 bridgehead atoms. The number of aliphatic hydroxyl groups excluding tert-OH is 1. The third-order valence-corrected chi connectivity index (χ3v) is 4.61. The maximum absolute atomic E-state index is 12.3. The van der Waals surface area contributed by atoms with Crippen molar-refractivity contribution in [1.29, 1.82) is 0 Å². The van der Waals surface area contributed by atoms with E-state index >= 15 is 0 Å². The molecule has 0 radical (unpaired) electrons. The van der Waals surface area contributed by atoms with Crippen LogP contribution in [0.1, 0.15) is 0 Å². The average molecular weight is 415 g/mol. The normalized spacial score (nSPS) is 13.6. The zero-order valence-corrected chi connectivity index (χ0v) is 16.5. The van der Waals surface area contributed by atoms with Crippen LogP contribution in [0.3, 0.4) is 0 Å². The first-order chi connectivity index (χ1) is 14.6. The Bertz CT molecular complexity index is 868. The van der Waals surface area contributed by atoms with E-state index in [1.807, 2.05) is 24.3 Å². The van der Waals surface area contributed by atoms with Crippen molar-refractivity contribution in [3.63, 3.8) is 0 Å². The molecule has 0 saturated carbocycles. The molecule has 1 aliphatic heterocycles. The Morgan fingerprint density at radius 1 is 1.10 bits per heavy atom. The highest BCUT2D eigenvalue weighted by Gasteiger charge is 2.13. The SMILES string of the molecule is O=C(CNc1cc([N+](=O)[O-])ccc1NCCO)Nc1ccc(N2CCOCC2)cc1. The number of carbonyl (C=O) groups is 1. The van der Waals surface area contributed by atoms with Gasteiger partial charge in [-0.1, -0.05) is 0 Å². The van der Waals surface area contributed by atoms with Gasteiger partial charge >= 0.3 is 0 Å². The van der Waals surface area contributed by atoms with Crippen molar-refractivity contribution >= 4 is 34.3 Å². The third-order valence-electron chi connectivity index (χ3n) is 4.61. The number of carbonyl (C=O) groups excluding carboxylic acids is 1. The van der Waals surface area contributed by atoms with Crippen molar-refractivity contribution < 1.29 is 19.6 Å². The van der Waals surface area contributed by atoms with Gasteiger partial charge in [-0.2, -0.15) is 0 Å². The maximum Gasteiger partial charge on any atom is 0.271 e. The van der Waals surface area contributed by atoms with Crippen LogP contribution in [-0.4, -0.2) is 61.9 Å². The second-order valence-corrected chi connectivity index (χ2v) is 6.69. The quantitative estimate of drug-likeness (QED) is 0.361. The second-order valence-electron chi connectivity index (χ2n) is 6.69. The minimum absolute atomic E-state index is 0.0693. The van der Waals surface area contributed by atoms with E-state index in [2.05, 4.69) is 20.9 Å². The summed E-state index contributed by atoms with van der Waals surface area (Å²) in [7, 11) is 0. The van der Waals surface area contributed by atoms with Gasteiger partial charge in [-0.15, -0.1) is 0 Å². The van der Waals surface area contributed by atoms with Crippen LogP contribution in [0.15, 0.2) is 42.5 Å². The summed E-state index contributed by atoms with van der Waals surface area (Å²) in [5.41, 5.74) is 2.63. The van der Waals surface area contributed by atoms with Crippen LogP contribution in [-0.2, 0) is 9.53 Å². The number of hydrogen-bond donors (Lipinski definition) is 4.